The fourth-order valence-corrected chi connectivity index (χ4v) is 1.95. The average molecular weight is 369 g/mol. The van der Waals surface area contributed by atoms with Crippen LogP contribution in [-0.2, 0) is 23.1 Å². The van der Waals surface area contributed by atoms with Crippen molar-refractivity contribution in [3.63, 3.8) is 0 Å². The van der Waals surface area contributed by atoms with Crippen molar-refractivity contribution in [3.05, 3.63) is 30.1 Å². The zero-order valence-electron chi connectivity index (χ0n) is 14.2. The van der Waals surface area contributed by atoms with E-state index in [1.807, 2.05) is 0 Å². The van der Waals surface area contributed by atoms with E-state index in [0.29, 0.717) is 0 Å². The monoisotopic (exact) mass is 369 g/mol. The predicted molar refractivity (Wildman–Crippen MR) is 85.1 cm³/mol. The lowest BCUT2D eigenvalue weighted by atomic mass is 10.1. The highest BCUT2D eigenvalue weighted by Gasteiger charge is 2.36. The van der Waals surface area contributed by atoms with Crippen molar-refractivity contribution in [1.29, 1.82) is 0 Å². The lowest BCUT2D eigenvalue weighted by Crippen LogP contribution is -2.32. The van der Waals surface area contributed by atoms with E-state index in [1.54, 1.807) is 0 Å². The molecule has 0 bridgehead atoms. The number of hydrogen-bond donors (Lipinski definition) is 0. The van der Waals surface area contributed by atoms with E-state index in [0.717, 1.165) is 6.42 Å². The van der Waals surface area contributed by atoms with Crippen molar-refractivity contribution in [3.8, 4) is 0 Å². The van der Waals surface area contributed by atoms with Gasteiger partial charge in [-0.3, -0.25) is 0 Å². The predicted octanol–water partition coefficient (Wildman–Crippen LogP) is 3.95. The number of pyridine rings is 1. The largest absolute Gasteiger partial charge is 0.741 e. The van der Waals surface area contributed by atoms with Gasteiger partial charge in [-0.15, -0.1) is 0 Å². The molecule has 0 saturated heterocycles. The summed E-state index contributed by atoms with van der Waals surface area (Å²) in [5, 5.41) is 0. The van der Waals surface area contributed by atoms with E-state index >= 15 is 0 Å². The molecule has 0 spiro atoms. The molecule has 1 heterocycles. The Balaban J connectivity index is 0.000000561. The van der Waals surface area contributed by atoms with E-state index in [1.165, 1.54) is 50.6 Å². The van der Waals surface area contributed by atoms with Crippen molar-refractivity contribution >= 4 is 10.1 Å². The third-order valence-electron chi connectivity index (χ3n) is 3.42. The third-order valence-corrected chi connectivity index (χ3v) is 3.99. The van der Waals surface area contributed by atoms with Crippen LogP contribution in [0.3, 0.4) is 0 Å². The second-order valence-electron chi connectivity index (χ2n) is 5.47. The molecule has 0 N–H and O–H groups in total. The van der Waals surface area contributed by atoms with Crippen LogP contribution in [0, 0.1) is 0 Å². The molecule has 0 aliphatic rings. The van der Waals surface area contributed by atoms with Crippen LogP contribution < -0.4 is 4.57 Å². The Labute approximate surface area is 142 Å². The molecule has 0 atom stereocenters. The second-order valence-corrected chi connectivity index (χ2v) is 6.84. The smallest absolute Gasteiger partial charge is 0.485 e. The number of aromatic nitrogens is 1. The molecule has 0 unspecified atom stereocenters. The first-order valence-electron chi connectivity index (χ1n) is 8.12. The van der Waals surface area contributed by atoms with Gasteiger partial charge in [-0.25, -0.2) is 13.0 Å². The first-order chi connectivity index (χ1) is 11.1. The third kappa shape index (κ3) is 10.6. The van der Waals surface area contributed by atoms with Gasteiger partial charge in [0.05, 0.1) is 0 Å². The van der Waals surface area contributed by atoms with Gasteiger partial charge >= 0.3 is 5.51 Å². The molecule has 1 aromatic heterocycles. The Bertz CT molecular complexity index is 543. The summed E-state index contributed by atoms with van der Waals surface area (Å²) < 4.78 is 61.2. The zero-order chi connectivity index (χ0) is 18.6. The van der Waals surface area contributed by atoms with Gasteiger partial charge in [0.2, 0.25) is 0 Å². The van der Waals surface area contributed by atoms with E-state index in [9.17, 15) is 13.2 Å². The summed E-state index contributed by atoms with van der Waals surface area (Å²) in [7, 11) is -6.09. The molecule has 4 nitrogen and oxygen atoms in total. The number of rotatable bonds is 8. The summed E-state index contributed by atoms with van der Waals surface area (Å²) in [5.74, 6) is 0. The molecule has 0 fully saturated rings. The Morgan fingerprint density at radius 1 is 1.00 bits per heavy atom. The second kappa shape index (κ2) is 11.4. The highest BCUT2D eigenvalue weighted by molar-refractivity contribution is 7.86. The standard InChI is InChI=1S/C15H26N.CHF3O3S/c1-3-5-6-7-8-9-12-16-13-10-15(4-2)11-14-16;2-1(3,4)8(5,6)7/h10-11,13-14H,3-9,12H2,1-2H3;(H,5,6,7)/q+1;/p-1. The number of aryl methyl sites for hydroxylation is 2. The number of nitrogens with zero attached hydrogens (tertiary/aromatic N) is 1. The number of halogens is 3. The minimum Gasteiger partial charge on any atom is -0.741 e. The van der Waals surface area contributed by atoms with Crippen molar-refractivity contribution in [2.75, 3.05) is 0 Å². The molecule has 0 saturated carbocycles. The normalized spacial score (nSPS) is 11.8. The topological polar surface area (TPSA) is 61.1 Å². The van der Waals surface area contributed by atoms with Crippen LogP contribution >= 0.6 is 0 Å². The molecular formula is C16H26F3NO3S. The number of alkyl halides is 3. The molecule has 1 aromatic rings. The minimum absolute atomic E-state index is 1.14. The molecule has 24 heavy (non-hydrogen) atoms. The molecule has 0 amide bonds. The van der Waals surface area contributed by atoms with E-state index < -0.39 is 15.6 Å². The van der Waals surface area contributed by atoms with Crippen LogP contribution in [0.1, 0.15) is 57.9 Å². The van der Waals surface area contributed by atoms with Crippen LogP contribution in [0.25, 0.3) is 0 Å². The lowest BCUT2D eigenvalue weighted by Gasteiger charge is -2.08. The van der Waals surface area contributed by atoms with Gasteiger partial charge in [0.15, 0.2) is 22.5 Å². The van der Waals surface area contributed by atoms with E-state index in [-0.39, 0.29) is 0 Å². The fourth-order valence-electron chi connectivity index (χ4n) is 1.95. The maximum absolute atomic E-state index is 10.7. The molecule has 0 aliphatic heterocycles. The molecule has 8 heteroatoms. The SMILES string of the molecule is CCCCCCCC[n+]1ccc(CC)cc1.O=S(=O)([O-])C(F)(F)F. The van der Waals surface area contributed by atoms with Gasteiger partial charge in [-0.1, -0.05) is 39.5 Å². The van der Waals surface area contributed by atoms with Gasteiger partial charge in [0, 0.05) is 18.6 Å². The average Bonchev–Trinajstić information content (AvgIpc) is 2.50. The summed E-state index contributed by atoms with van der Waals surface area (Å²) in [4.78, 5) is 0. The maximum atomic E-state index is 10.7. The molecule has 0 aromatic carbocycles. The van der Waals surface area contributed by atoms with Crippen LogP contribution in [0.15, 0.2) is 24.5 Å². The van der Waals surface area contributed by atoms with Crippen LogP contribution in [0.2, 0.25) is 0 Å². The maximum Gasteiger partial charge on any atom is 0.485 e. The van der Waals surface area contributed by atoms with E-state index in [4.69, 9.17) is 13.0 Å². The summed E-state index contributed by atoms with van der Waals surface area (Å²) in [6, 6.07) is 4.47. The Morgan fingerprint density at radius 2 is 1.46 bits per heavy atom. The van der Waals surface area contributed by atoms with Crippen molar-refractivity contribution in [2.45, 2.75) is 70.8 Å². The van der Waals surface area contributed by atoms with Crippen LogP contribution in [-0.4, -0.2) is 18.5 Å². The van der Waals surface area contributed by atoms with E-state index in [2.05, 4.69) is 42.9 Å². The number of unbranched alkanes of at least 4 members (excludes halogenated alkanes) is 5. The quantitative estimate of drug-likeness (QED) is 0.302. The van der Waals surface area contributed by atoms with Crippen molar-refractivity contribution < 1.29 is 30.7 Å². The van der Waals surface area contributed by atoms with Gasteiger partial charge in [-0.05, 0) is 18.4 Å². The van der Waals surface area contributed by atoms with Crippen molar-refractivity contribution in [2.24, 2.45) is 0 Å². The summed E-state index contributed by atoms with van der Waals surface area (Å²) >= 11 is 0. The first kappa shape index (κ1) is 22.9. The van der Waals surface area contributed by atoms with Gasteiger partial charge < -0.3 is 4.55 Å². The Kier molecular flexibility index (Phi) is 10.9. The van der Waals surface area contributed by atoms with Gasteiger partial charge in [0.25, 0.3) is 0 Å². The molecular weight excluding hydrogens is 343 g/mol. The summed E-state index contributed by atoms with van der Waals surface area (Å²) in [6.45, 7) is 5.65. The fraction of sp³-hybridized carbons (Fsp3) is 0.688. The minimum atomic E-state index is -6.09. The number of hydrogen-bond acceptors (Lipinski definition) is 3. The van der Waals surface area contributed by atoms with Gasteiger partial charge in [-0.2, -0.15) is 13.2 Å². The van der Waals surface area contributed by atoms with Crippen LogP contribution in [0.4, 0.5) is 13.2 Å². The van der Waals surface area contributed by atoms with Crippen molar-refractivity contribution in [1.82, 2.24) is 0 Å². The highest BCUT2D eigenvalue weighted by atomic mass is 32.2. The summed E-state index contributed by atoms with van der Waals surface area (Å²) in [6.07, 6.45) is 13.8. The van der Waals surface area contributed by atoms with Gasteiger partial charge in [0.1, 0.15) is 6.54 Å². The lowest BCUT2D eigenvalue weighted by molar-refractivity contribution is -0.697. The molecule has 140 valence electrons. The Morgan fingerprint density at radius 3 is 1.88 bits per heavy atom. The Hall–Kier alpha value is -1.15. The zero-order valence-corrected chi connectivity index (χ0v) is 15.0. The molecule has 0 aliphatic carbocycles. The first-order valence-corrected chi connectivity index (χ1v) is 9.52. The van der Waals surface area contributed by atoms with Crippen LogP contribution in [0.5, 0.6) is 0 Å². The summed E-state index contributed by atoms with van der Waals surface area (Å²) in [5.41, 5.74) is -4.22. The highest BCUT2D eigenvalue weighted by Crippen LogP contribution is 2.20. The molecule has 1 rings (SSSR count). The molecule has 0 radical (unpaired) electrons.